The molecule has 2 fully saturated rings. The first-order valence-corrected chi connectivity index (χ1v) is 17.3. The predicted octanol–water partition coefficient (Wildman–Crippen LogP) is 6.55. The van der Waals surface area contributed by atoms with Crippen LogP contribution in [0.1, 0.15) is 62.6 Å². The van der Waals surface area contributed by atoms with E-state index in [1.54, 1.807) is 18.3 Å². The number of carbonyl (C=O) groups excluding carboxylic acids is 2. The molecule has 4 atom stereocenters. The van der Waals surface area contributed by atoms with Gasteiger partial charge in [-0.15, -0.1) is 0 Å². The fourth-order valence-corrected chi connectivity index (χ4v) is 7.98. The van der Waals surface area contributed by atoms with E-state index in [4.69, 9.17) is 4.74 Å². The lowest BCUT2D eigenvalue weighted by atomic mass is 9.68. The van der Waals surface area contributed by atoms with Crippen LogP contribution in [0.15, 0.2) is 88.5 Å². The van der Waals surface area contributed by atoms with Crippen LogP contribution in [0.4, 0.5) is 0 Å². The third-order valence-corrected chi connectivity index (χ3v) is 10.4. The van der Waals surface area contributed by atoms with Crippen LogP contribution < -0.4 is 4.74 Å². The number of amides is 2. The summed E-state index contributed by atoms with van der Waals surface area (Å²) >= 11 is 3.48. The van der Waals surface area contributed by atoms with Crippen LogP contribution in [-0.2, 0) is 9.59 Å². The van der Waals surface area contributed by atoms with E-state index >= 15 is 0 Å². The highest BCUT2D eigenvalue weighted by molar-refractivity contribution is 9.10. The van der Waals surface area contributed by atoms with Crippen molar-refractivity contribution in [2.45, 2.75) is 63.5 Å². The molecule has 1 saturated carbocycles. The Morgan fingerprint density at radius 2 is 1.79 bits per heavy atom. The zero-order valence-electron chi connectivity index (χ0n) is 26.3. The minimum Gasteiger partial charge on any atom is -0.507 e. The van der Waals surface area contributed by atoms with Gasteiger partial charge in [0.2, 0.25) is 11.8 Å². The molecule has 47 heavy (non-hydrogen) atoms. The van der Waals surface area contributed by atoms with Gasteiger partial charge in [-0.05, 0) is 97.4 Å². The van der Waals surface area contributed by atoms with Crippen molar-refractivity contribution in [2.24, 2.45) is 17.8 Å². The molecule has 0 spiro atoms. The van der Waals surface area contributed by atoms with Gasteiger partial charge in [0, 0.05) is 28.2 Å². The van der Waals surface area contributed by atoms with Crippen molar-refractivity contribution in [3.05, 3.63) is 99.8 Å². The molecule has 8 nitrogen and oxygen atoms in total. The molecule has 0 unspecified atom stereocenters. The maximum atomic E-state index is 14.0. The minimum absolute atomic E-state index is 0.105. The number of benzene rings is 2. The van der Waals surface area contributed by atoms with Crippen molar-refractivity contribution < 1.29 is 29.6 Å². The summed E-state index contributed by atoms with van der Waals surface area (Å²) in [7, 11) is 0. The van der Waals surface area contributed by atoms with Crippen LogP contribution in [0.5, 0.6) is 11.5 Å². The lowest BCUT2D eigenvalue weighted by Gasteiger charge is -2.36. The summed E-state index contributed by atoms with van der Waals surface area (Å²) in [6.07, 6.45) is 8.21. The van der Waals surface area contributed by atoms with E-state index in [1.165, 1.54) is 4.90 Å². The first-order chi connectivity index (χ1) is 22.9. The van der Waals surface area contributed by atoms with Crippen molar-refractivity contribution in [1.29, 1.82) is 0 Å². The second kappa shape index (κ2) is 15.0. The quantitative estimate of drug-likeness (QED) is 0.153. The topological polar surface area (TPSA) is 120 Å². The number of imide groups is 1. The normalized spacial score (nSPS) is 22.8. The van der Waals surface area contributed by atoms with E-state index in [2.05, 4.69) is 20.9 Å². The third kappa shape index (κ3) is 7.22. The number of pyridine rings is 1. The molecule has 2 heterocycles. The Morgan fingerprint density at radius 3 is 2.51 bits per heavy atom. The van der Waals surface area contributed by atoms with Gasteiger partial charge in [-0.1, -0.05) is 59.5 Å². The summed E-state index contributed by atoms with van der Waals surface area (Å²) < 4.78 is 6.97. The number of fused-ring (bicyclic) bond motifs is 1. The molecule has 3 N–H and O–H groups in total. The number of allylic oxidation sites excluding steroid dienone is 1. The highest BCUT2D eigenvalue weighted by atomic mass is 79.9. The number of aliphatic hydroxyl groups is 2. The number of halogens is 1. The van der Waals surface area contributed by atoms with E-state index in [1.807, 2.05) is 60.7 Å². The van der Waals surface area contributed by atoms with E-state index in [9.17, 15) is 24.9 Å². The lowest BCUT2D eigenvalue weighted by molar-refractivity contribution is -0.143. The first-order valence-electron chi connectivity index (χ1n) is 16.5. The maximum absolute atomic E-state index is 14.0. The molecule has 3 aromatic rings. The van der Waals surface area contributed by atoms with Gasteiger partial charge in [-0.25, -0.2) is 0 Å². The Kier molecular flexibility index (Phi) is 10.5. The Labute approximate surface area is 283 Å². The summed E-state index contributed by atoms with van der Waals surface area (Å²) in [4.78, 5) is 33.9. The monoisotopic (exact) mass is 700 g/mol. The summed E-state index contributed by atoms with van der Waals surface area (Å²) in [5, 5.41) is 33.4. The number of hydrogen-bond acceptors (Lipinski definition) is 7. The molecule has 246 valence electrons. The van der Waals surface area contributed by atoms with Gasteiger partial charge in [0.05, 0.1) is 30.2 Å². The Morgan fingerprint density at radius 1 is 1.02 bits per heavy atom. The summed E-state index contributed by atoms with van der Waals surface area (Å²) in [5.41, 5.74) is 3.47. The smallest absolute Gasteiger partial charge is 0.234 e. The van der Waals surface area contributed by atoms with E-state index in [0.29, 0.717) is 35.4 Å². The molecule has 2 aliphatic carbocycles. The maximum Gasteiger partial charge on any atom is 0.234 e. The van der Waals surface area contributed by atoms with Crippen molar-refractivity contribution >= 4 is 39.4 Å². The standard InChI is InChI=1S/C38H41BrN2O6/c39-27-15-17-33(43)25(20-27)19-24(32-13-7-8-18-40-32)14-16-34(44)35-26(23-47-29-11-5-2-6-12-29)21-30-36(31(35)22-42)38(46)41(37(30)45)28-9-3-1-4-10-28/h2,5-8,11-13,15,17-20,28,30-31,34,36,42-44H,1,3-4,9-10,14,16,21-23H2/b24-19-/t30-,31+,34-,36-/m1/s1. The Bertz CT molecular complexity index is 1640. The van der Waals surface area contributed by atoms with Crippen LogP contribution in [0, 0.1) is 17.8 Å². The number of aromatic hydroxyl groups is 1. The number of nitrogens with zero attached hydrogens (tertiary/aromatic N) is 2. The Balaban J connectivity index is 1.32. The summed E-state index contributed by atoms with van der Waals surface area (Å²) in [6, 6.07) is 20.1. The minimum atomic E-state index is -1.02. The van der Waals surface area contributed by atoms with E-state index < -0.39 is 23.9 Å². The second-order valence-electron chi connectivity index (χ2n) is 12.8. The van der Waals surface area contributed by atoms with Crippen LogP contribution in [0.3, 0.4) is 0 Å². The fraction of sp³-hybridized carbons (Fsp3) is 0.395. The van der Waals surface area contributed by atoms with Gasteiger partial charge in [-0.3, -0.25) is 19.5 Å². The second-order valence-corrected chi connectivity index (χ2v) is 13.7. The molecular weight excluding hydrogens is 660 g/mol. The molecule has 3 aliphatic rings. The fourth-order valence-electron chi connectivity index (χ4n) is 7.61. The number of aliphatic hydroxyl groups excluding tert-OH is 2. The number of phenols is 1. The average Bonchev–Trinajstić information content (AvgIpc) is 3.35. The number of rotatable bonds is 11. The molecule has 9 heteroatoms. The number of para-hydroxylation sites is 1. The zero-order chi connectivity index (χ0) is 32.9. The van der Waals surface area contributed by atoms with Gasteiger partial charge >= 0.3 is 0 Å². The Hall–Kier alpha value is -3.79. The zero-order valence-corrected chi connectivity index (χ0v) is 27.9. The number of ether oxygens (including phenoxy) is 1. The number of likely N-dealkylation sites (tertiary alicyclic amines) is 1. The third-order valence-electron chi connectivity index (χ3n) is 9.87. The number of phenolic OH excluding ortho intramolecular Hbond substituents is 1. The van der Waals surface area contributed by atoms with Crippen molar-refractivity contribution in [2.75, 3.05) is 13.2 Å². The van der Waals surface area contributed by atoms with E-state index in [0.717, 1.165) is 47.7 Å². The predicted molar refractivity (Wildman–Crippen MR) is 183 cm³/mol. The molecule has 0 bridgehead atoms. The number of hydrogen-bond donors (Lipinski definition) is 3. The van der Waals surface area contributed by atoms with Crippen LogP contribution >= 0.6 is 15.9 Å². The number of carbonyl (C=O) groups is 2. The van der Waals surface area contributed by atoms with Gasteiger partial charge in [0.15, 0.2) is 0 Å². The van der Waals surface area contributed by atoms with Gasteiger partial charge in [-0.2, -0.15) is 0 Å². The largest absolute Gasteiger partial charge is 0.507 e. The lowest BCUT2D eigenvalue weighted by Crippen LogP contribution is -2.42. The summed E-state index contributed by atoms with van der Waals surface area (Å²) in [5.74, 6) is -1.62. The van der Waals surface area contributed by atoms with Crippen molar-refractivity contribution in [3.63, 3.8) is 0 Å². The highest BCUT2D eigenvalue weighted by Gasteiger charge is 2.56. The van der Waals surface area contributed by atoms with Crippen LogP contribution in [0.25, 0.3) is 11.6 Å². The van der Waals surface area contributed by atoms with Gasteiger partial charge in [0.1, 0.15) is 18.1 Å². The van der Waals surface area contributed by atoms with Gasteiger partial charge < -0.3 is 20.1 Å². The molecule has 1 saturated heterocycles. The summed E-state index contributed by atoms with van der Waals surface area (Å²) in [6.45, 7) is -0.231. The molecule has 1 aliphatic heterocycles. The number of aromatic nitrogens is 1. The molecular formula is C38H41BrN2O6. The molecule has 0 radical (unpaired) electrons. The first kappa shape index (κ1) is 33.1. The van der Waals surface area contributed by atoms with E-state index in [-0.39, 0.29) is 43.2 Å². The van der Waals surface area contributed by atoms with Gasteiger partial charge in [0.25, 0.3) is 0 Å². The molecule has 1 aromatic heterocycles. The van der Waals surface area contributed by atoms with Crippen molar-refractivity contribution in [3.8, 4) is 11.5 Å². The highest BCUT2D eigenvalue weighted by Crippen LogP contribution is 2.48. The molecule has 2 amide bonds. The molecule has 2 aromatic carbocycles. The average molecular weight is 702 g/mol. The van der Waals surface area contributed by atoms with Crippen LogP contribution in [-0.4, -0.2) is 62.4 Å². The van der Waals surface area contributed by atoms with Crippen molar-refractivity contribution in [1.82, 2.24) is 9.88 Å². The SMILES string of the molecule is O=C1[C@@H]2[C@@H](CC(COc3ccccc3)=C([C@H](O)CC/C(=C/c3cc(Br)ccc3O)c3ccccn3)[C@@H]2CO)C(=O)N1C1CCCCC1. The molecule has 6 rings (SSSR count). The van der Waals surface area contributed by atoms with Crippen LogP contribution in [0.2, 0.25) is 0 Å².